The number of hydrogen-bond donors (Lipinski definition) is 2. The summed E-state index contributed by atoms with van der Waals surface area (Å²) in [5.74, 6) is -0.274. The van der Waals surface area contributed by atoms with Gasteiger partial charge in [-0.15, -0.1) is 0 Å². The first-order valence-corrected chi connectivity index (χ1v) is 6.72. The second-order valence-corrected chi connectivity index (χ2v) is 5.05. The lowest BCUT2D eigenvalue weighted by molar-refractivity contribution is 0.0698. The van der Waals surface area contributed by atoms with Crippen molar-refractivity contribution in [3.05, 3.63) is 29.3 Å². The Kier molecular flexibility index (Phi) is 6.41. The van der Waals surface area contributed by atoms with Gasteiger partial charge in [0.2, 0.25) is 0 Å². The van der Waals surface area contributed by atoms with E-state index in [-0.39, 0.29) is 17.2 Å². The monoisotopic (exact) mass is 296 g/mol. The zero-order chi connectivity index (χ0) is 15.1. The van der Waals surface area contributed by atoms with Crippen LogP contribution in [0.4, 0.5) is 0 Å². The number of nitrogens with zero attached hydrogens (tertiary/aromatic N) is 1. The van der Waals surface area contributed by atoms with Crippen molar-refractivity contribution in [1.82, 2.24) is 4.90 Å². The Hall–Kier alpha value is -1.66. The molecule has 0 aromatic heterocycles. The number of nitrogens with two attached hydrogens (primary N) is 1. The Bertz CT molecular complexity index is 491. The maximum absolute atomic E-state index is 12.4. The molecule has 0 bridgehead atoms. The lowest BCUT2D eigenvalue weighted by atomic mass is 10.1. The van der Waals surface area contributed by atoms with Gasteiger partial charge in [0.25, 0.3) is 5.91 Å². The molecule has 6 heteroatoms. The van der Waals surface area contributed by atoms with Crippen LogP contribution in [0.3, 0.4) is 0 Å². The van der Waals surface area contributed by atoms with Crippen LogP contribution >= 0.6 is 12.2 Å². The number of amides is 1. The number of methoxy groups -OCH3 is 1. The Morgan fingerprint density at radius 1 is 1.45 bits per heavy atom. The second kappa shape index (κ2) is 7.81. The fourth-order valence-electron chi connectivity index (χ4n) is 1.75. The van der Waals surface area contributed by atoms with E-state index in [0.29, 0.717) is 31.1 Å². The molecule has 1 aromatic carbocycles. The normalized spacial score (nSPS) is 10.3. The molecular weight excluding hydrogens is 276 g/mol. The molecule has 0 spiro atoms. The van der Waals surface area contributed by atoms with Gasteiger partial charge in [-0.3, -0.25) is 4.79 Å². The minimum atomic E-state index is -0.254. The summed E-state index contributed by atoms with van der Waals surface area (Å²) in [6.45, 7) is 3.09. The highest BCUT2D eigenvalue weighted by Crippen LogP contribution is 2.20. The average Bonchev–Trinajstić information content (AvgIpc) is 2.38. The topological polar surface area (TPSA) is 75.8 Å². The van der Waals surface area contributed by atoms with Gasteiger partial charge in [0.15, 0.2) is 0 Å². The number of rotatable bonds is 7. The summed E-state index contributed by atoms with van der Waals surface area (Å²) in [6, 6.07) is 4.97. The summed E-state index contributed by atoms with van der Waals surface area (Å²) in [4.78, 5) is 14.4. The van der Waals surface area contributed by atoms with E-state index in [0.717, 1.165) is 5.56 Å². The van der Waals surface area contributed by atoms with Gasteiger partial charge >= 0.3 is 0 Å². The first-order valence-electron chi connectivity index (χ1n) is 6.32. The molecule has 0 radical (unpaired) electrons. The number of ether oxygens (including phenoxy) is 1. The summed E-state index contributed by atoms with van der Waals surface area (Å²) in [5, 5.41) is 9.88. The first kappa shape index (κ1) is 16.4. The van der Waals surface area contributed by atoms with Gasteiger partial charge in [-0.25, -0.2) is 0 Å². The molecule has 0 aliphatic rings. The largest absolute Gasteiger partial charge is 0.507 e. The average molecular weight is 296 g/mol. The van der Waals surface area contributed by atoms with Crippen molar-refractivity contribution in [2.75, 3.05) is 26.8 Å². The molecule has 20 heavy (non-hydrogen) atoms. The van der Waals surface area contributed by atoms with Crippen molar-refractivity contribution in [3.8, 4) is 5.75 Å². The number of benzene rings is 1. The van der Waals surface area contributed by atoms with Crippen LogP contribution in [0.2, 0.25) is 0 Å². The van der Waals surface area contributed by atoms with Crippen molar-refractivity contribution in [2.24, 2.45) is 5.73 Å². The smallest absolute Gasteiger partial charge is 0.257 e. The fraction of sp³-hybridized carbons (Fsp3) is 0.429. The zero-order valence-corrected chi connectivity index (χ0v) is 12.6. The number of carbonyl (C=O) groups is 1. The summed E-state index contributed by atoms with van der Waals surface area (Å²) in [6.07, 6.45) is 0.442. The highest BCUT2D eigenvalue weighted by atomic mass is 32.1. The summed E-state index contributed by atoms with van der Waals surface area (Å²) in [5.41, 5.74) is 6.64. The van der Waals surface area contributed by atoms with Crippen molar-refractivity contribution in [1.29, 1.82) is 0 Å². The van der Waals surface area contributed by atoms with E-state index in [1.54, 1.807) is 30.2 Å². The Morgan fingerprint density at radius 2 is 2.15 bits per heavy atom. The van der Waals surface area contributed by atoms with Crippen LogP contribution < -0.4 is 5.73 Å². The highest BCUT2D eigenvalue weighted by Gasteiger charge is 2.18. The molecule has 0 aliphatic carbocycles. The number of phenolic OH excluding ortho intramolecular Hbond substituents is 1. The minimum Gasteiger partial charge on any atom is -0.507 e. The van der Waals surface area contributed by atoms with E-state index in [1.165, 1.54) is 0 Å². The van der Waals surface area contributed by atoms with E-state index in [2.05, 4.69) is 0 Å². The quantitative estimate of drug-likeness (QED) is 0.745. The Labute approximate surface area is 124 Å². The minimum absolute atomic E-state index is 0.0206. The molecule has 0 heterocycles. The maximum Gasteiger partial charge on any atom is 0.257 e. The van der Waals surface area contributed by atoms with E-state index in [9.17, 15) is 9.90 Å². The van der Waals surface area contributed by atoms with Gasteiger partial charge in [0.1, 0.15) is 5.75 Å². The second-order valence-electron chi connectivity index (χ2n) is 4.52. The number of hydrogen-bond acceptors (Lipinski definition) is 4. The predicted molar refractivity (Wildman–Crippen MR) is 82.0 cm³/mol. The van der Waals surface area contributed by atoms with Crippen molar-refractivity contribution < 1.29 is 14.6 Å². The molecule has 0 atom stereocenters. The van der Waals surface area contributed by atoms with Gasteiger partial charge in [0, 0.05) is 26.6 Å². The Balaban J connectivity index is 2.87. The standard InChI is InChI=1S/C14H20N2O3S/c1-10-3-4-11(12(17)9-10)14(18)16(7-8-19-2)6-5-13(15)20/h3-4,9,17H,5-8H2,1-2H3,(H2,15,20). The molecule has 1 rings (SSSR count). The SMILES string of the molecule is COCCN(CCC(N)=S)C(=O)c1ccc(C)cc1O. The van der Waals surface area contributed by atoms with Crippen LogP contribution in [-0.2, 0) is 4.74 Å². The zero-order valence-electron chi connectivity index (χ0n) is 11.8. The van der Waals surface area contributed by atoms with Crippen LogP contribution in [-0.4, -0.2) is 47.7 Å². The third-order valence-corrected chi connectivity index (χ3v) is 3.07. The fourth-order valence-corrected chi connectivity index (χ4v) is 1.85. The molecule has 0 saturated carbocycles. The summed E-state index contributed by atoms with van der Waals surface area (Å²) >= 11 is 4.83. The maximum atomic E-state index is 12.4. The lowest BCUT2D eigenvalue weighted by Gasteiger charge is -2.22. The van der Waals surface area contributed by atoms with E-state index < -0.39 is 0 Å². The number of aryl methyl sites for hydroxylation is 1. The summed E-state index contributed by atoms with van der Waals surface area (Å²) < 4.78 is 4.99. The van der Waals surface area contributed by atoms with E-state index in [4.69, 9.17) is 22.7 Å². The third kappa shape index (κ3) is 4.79. The van der Waals surface area contributed by atoms with Crippen LogP contribution in [0.5, 0.6) is 5.75 Å². The predicted octanol–water partition coefficient (Wildman–Crippen LogP) is 1.47. The molecule has 0 fully saturated rings. The molecule has 110 valence electrons. The molecular formula is C14H20N2O3S. The summed E-state index contributed by atoms with van der Waals surface area (Å²) in [7, 11) is 1.57. The molecule has 3 N–H and O–H groups in total. The van der Waals surface area contributed by atoms with Crippen molar-refractivity contribution >= 4 is 23.1 Å². The molecule has 1 amide bonds. The van der Waals surface area contributed by atoms with Crippen LogP contribution in [0.25, 0.3) is 0 Å². The van der Waals surface area contributed by atoms with Gasteiger partial charge in [-0.2, -0.15) is 0 Å². The molecule has 1 aromatic rings. The van der Waals surface area contributed by atoms with Crippen molar-refractivity contribution in [2.45, 2.75) is 13.3 Å². The van der Waals surface area contributed by atoms with E-state index >= 15 is 0 Å². The molecule has 5 nitrogen and oxygen atoms in total. The molecule has 0 unspecified atom stereocenters. The molecule has 0 saturated heterocycles. The van der Waals surface area contributed by atoms with Gasteiger partial charge in [-0.1, -0.05) is 18.3 Å². The number of phenols is 1. The molecule has 0 aliphatic heterocycles. The number of aromatic hydroxyl groups is 1. The number of carbonyl (C=O) groups excluding carboxylic acids is 1. The number of thiocarbonyl (C=S) groups is 1. The van der Waals surface area contributed by atoms with Gasteiger partial charge in [-0.05, 0) is 24.6 Å². The van der Waals surface area contributed by atoms with Gasteiger partial charge in [0.05, 0.1) is 17.2 Å². The van der Waals surface area contributed by atoms with Crippen LogP contribution in [0.15, 0.2) is 18.2 Å². The first-order chi connectivity index (χ1) is 9.45. The van der Waals surface area contributed by atoms with Crippen molar-refractivity contribution in [3.63, 3.8) is 0 Å². The lowest BCUT2D eigenvalue weighted by Crippen LogP contribution is -2.36. The van der Waals surface area contributed by atoms with Crippen LogP contribution in [0, 0.1) is 6.92 Å². The van der Waals surface area contributed by atoms with Crippen LogP contribution in [0.1, 0.15) is 22.3 Å². The third-order valence-electron chi connectivity index (χ3n) is 2.86. The Morgan fingerprint density at radius 3 is 2.70 bits per heavy atom. The van der Waals surface area contributed by atoms with Gasteiger partial charge < -0.3 is 20.5 Å². The van der Waals surface area contributed by atoms with E-state index in [1.807, 2.05) is 6.92 Å². The highest BCUT2D eigenvalue weighted by molar-refractivity contribution is 7.80.